The summed E-state index contributed by atoms with van der Waals surface area (Å²) in [5, 5.41) is 7.39. The van der Waals surface area contributed by atoms with Crippen molar-refractivity contribution in [2.45, 2.75) is 13.1 Å². The summed E-state index contributed by atoms with van der Waals surface area (Å²) in [5.74, 6) is 0.719. The van der Waals surface area contributed by atoms with Crippen LogP contribution < -0.4 is 14.8 Å². The molecular weight excluding hydrogens is 356 g/mol. The third-order valence-electron chi connectivity index (χ3n) is 4.05. The molecule has 1 N–H and O–H groups in total. The second kappa shape index (κ2) is 7.05. The Hall–Kier alpha value is -3.06. The van der Waals surface area contributed by atoms with Crippen molar-refractivity contribution in [1.29, 1.82) is 0 Å². The Morgan fingerprint density at radius 1 is 1.23 bits per heavy atom. The molecule has 0 bridgehead atoms. The van der Waals surface area contributed by atoms with Gasteiger partial charge in [-0.25, -0.2) is 9.67 Å². The summed E-state index contributed by atoms with van der Waals surface area (Å²) in [5.41, 5.74) is 2.48. The van der Waals surface area contributed by atoms with Gasteiger partial charge in [0, 0.05) is 12.1 Å². The maximum Gasteiger partial charge on any atom is 0.251 e. The van der Waals surface area contributed by atoms with Gasteiger partial charge >= 0.3 is 0 Å². The quantitative estimate of drug-likeness (QED) is 0.747. The number of fused-ring (bicyclic) bond motifs is 1. The van der Waals surface area contributed by atoms with E-state index in [1.807, 2.05) is 24.3 Å². The minimum atomic E-state index is -0.235. The van der Waals surface area contributed by atoms with Gasteiger partial charge in [0.15, 0.2) is 11.5 Å². The number of ether oxygens (including phenoxy) is 2. The molecular formula is C18H15ClN4O3. The summed E-state index contributed by atoms with van der Waals surface area (Å²) < 4.78 is 12.3. The molecule has 132 valence electrons. The van der Waals surface area contributed by atoms with Gasteiger partial charge in [-0.1, -0.05) is 35.9 Å². The van der Waals surface area contributed by atoms with E-state index in [0.717, 1.165) is 11.1 Å². The van der Waals surface area contributed by atoms with Crippen LogP contribution in [0.4, 0.5) is 0 Å². The predicted molar refractivity (Wildman–Crippen MR) is 94.3 cm³/mol. The van der Waals surface area contributed by atoms with Gasteiger partial charge in [0.2, 0.25) is 6.79 Å². The first-order valence-electron chi connectivity index (χ1n) is 7.97. The van der Waals surface area contributed by atoms with E-state index in [-0.39, 0.29) is 12.7 Å². The molecule has 0 saturated carbocycles. The van der Waals surface area contributed by atoms with Crippen LogP contribution >= 0.6 is 11.6 Å². The first-order chi connectivity index (χ1) is 12.7. The third-order valence-corrected chi connectivity index (χ3v) is 4.33. The molecule has 0 atom stereocenters. The van der Waals surface area contributed by atoms with Crippen molar-refractivity contribution in [3.63, 3.8) is 0 Å². The lowest BCUT2D eigenvalue weighted by molar-refractivity contribution is 0.0950. The van der Waals surface area contributed by atoms with Gasteiger partial charge in [0.1, 0.15) is 12.7 Å². The summed E-state index contributed by atoms with van der Waals surface area (Å²) in [6.45, 7) is 1.08. The van der Waals surface area contributed by atoms with Crippen molar-refractivity contribution >= 4 is 17.5 Å². The Kier molecular flexibility index (Phi) is 4.45. The first kappa shape index (κ1) is 16.4. The summed E-state index contributed by atoms with van der Waals surface area (Å²) >= 11 is 6.14. The Morgan fingerprint density at radius 2 is 2.08 bits per heavy atom. The summed E-state index contributed by atoms with van der Waals surface area (Å²) in [4.78, 5) is 16.5. The smallest absolute Gasteiger partial charge is 0.251 e. The monoisotopic (exact) mass is 370 g/mol. The lowest BCUT2D eigenvalue weighted by Crippen LogP contribution is -2.23. The van der Waals surface area contributed by atoms with Crippen LogP contribution in [0.1, 0.15) is 21.5 Å². The number of aromatic nitrogens is 3. The second-order valence-corrected chi connectivity index (χ2v) is 6.14. The van der Waals surface area contributed by atoms with E-state index in [2.05, 4.69) is 15.4 Å². The number of halogens is 1. The van der Waals surface area contributed by atoms with Crippen LogP contribution in [0.15, 0.2) is 49.1 Å². The van der Waals surface area contributed by atoms with Gasteiger partial charge in [0.05, 0.1) is 11.6 Å². The van der Waals surface area contributed by atoms with Crippen LogP contribution in [-0.2, 0) is 13.1 Å². The number of amides is 1. The summed E-state index contributed by atoms with van der Waals surface area (Å²) in [6, 6.07) is 11.1. The van der Waals surface area contributed by atoms with Crippen molar-refractivity contribution in [1.82, 2.24) is 20.1 Å². The molecule has 0 spiro atoms. The molecule has 0 fully saturated rings. The molecule has 1 aromatic heterocycles. The zero-order chi connectivity index (χ0) is 17.9. The highest BCUT2D eigenvalue weighted by molar-refractivity contribution is 6.32. The maximum absolute atomic E-state index is 12.5. The number of hydrogen-bond acceptors (Lipinski definition) is 5. The van der Waals surface area contributed by atoms with E-state index in [4.69, 9.17) is 21.1 Å². The minimum absolute atomic E-state index is 0.107. The zero-order valence-electron chi connectivity index (χ0n) is 13.7. The van der Waals surface area contributed by atoms with Crippen molar-refractivity contribution in [3.8, 4) is 11.5 Å². The fraction of sp³-hybridized carbons (Fsp3) is 0.167. The maximum atomic E-state index is 12.5. The number of nitrogens with zero attached hydrogens (tertiary/aromatic N) is 3. The lowest BCUT2D eigenvalue weighted by Gasteiger charge is -2.11. The van der Waals surface area contributed by atoms with E-state index >= 15 is 0 Å². The van der Waals surface area contributed by atoms with Crippen LogP contribution in [0.3, 0.4) is 0 Å². The molecule has 2 heterocycles. The van der Waals surface area contributed by atoms with Gasteiger partial charge in [0.25, 0.3) is 5.91 Å². The summed E-state index contributed by atoms with van der Waals surface area (Å²) in [6.07, 6.45) is 3.15. The fourth-order valence-corrected chi connectivity index (χ4v) is 3.01. The van der Waals surface area contributed by atoms with E-state index in [0.29, 0.717) is 35.2 Å². The van der Waals surface area contributed by atoms with Crippen LogP contribution in [0.5, 0.6) is 11.5 Å². The lowest BCUT2D eigenvalue weighted by atomic mass is 10.1. The van der Waals surface area contributed by atoms with Crippen molar-refractivity contribution < 1.29 is 14.3 Å². The minimum Gasteiger partial charge on any atom is -0.454 e. The molecule has 1 amide bonds. The van der Waals surface area contributed by atoms with Gasteiger partial charge < -0.3 is 14.8 Å². The second-order valence-electron chi connectivity index (χ2n) is 5.74. The van der Waals surface area contributed by atoms with Crippen LogP contribution in [-0.4, -0.2) is 27.5 Å². The molecule has 7 nitrogen and oxygen atoms in total. The van der Waals surface area contributed by atoms with Gasteiger partial charge in [-0.2, -0.15) is 5.10 Å². The molecule has 3 aromatic rings. The highest BCUT2D eigenvalue weighted by Crippen LogP contribution is 2.39. The number of hydrogen-bond donors (Lipinski definition) is 1. The largest absolute Gasteiger partial charge is 0.454 e. The molecule has 0 unspecified atom stereocenters. The van der Waals surface area contributed by atoms with Crippen molar-refractivity contribution in [2.24, 2.45) is 0 Å². The zero-order valence-corrected chi connectivity index (χ0v) is 14.4. The van der Waals surface area contributed by atoms with E-state index in [1.54, 1.807) is 23.1 Å². The molecule has 2 aromatic carbocycles. The number of rotatable bonds is 5. The Bertz CT molecular complexity index is 944. The average Bonchev–Trinajstić information content (AvgIpc) is 3.32. The van der Waals surface area contributed by atoms with Crippen LogP contribution in [0.25, 0.3) is 0 Å². The molecule has 8 heteroatoms. The predicted octanol–water partition coefficient (Wildman–Crippen LogP) is 2.64. The fourth-order valence-electron chi connectivity index (χ4n) is 2.75. The van der Waals surface area contributed by atoms with Gasteiger partial charge in [-0.15, -0.1) is 0 Å². The standard InChI is InChI=1S/C18H15ClN4O3/c19-15-5-14(6-16-17(15)26-11-25-16)18(24)21-7-12-3-1-2-4-13(12)8-23-10-20-9-22-23/h1-6,9-10H,7-8,11H2,(H,21,24). The average molecular weight is 371 g/mol. The van der Waals surface area contributed by atoms with Crippen molar-refractivity contribution in [3.05, 3.63) is 70.8 Å². The Morgan fingerprint density at radius 3 is 2.88 bits per heavy atom. The van der Waals surface area contributed by atoms with E-state index in [9.17, 15) is 4.79 Å². The normalized spacial score (nSPS) is 12.2. The molecule has 0 aliphatic carbocycles. The van der Waals surface area contributed by atoms with Gasteiger partial charge in [-0.3, -0.25) is 4.79 Å². The molecule has 26 heavy (non-hydrogen) atoms. The number of carbonyl (C=O) groups is 1. The number of nitrogens with one attached hydrogen (secondary N) is 1. The van der Waals surface area contributed by atoms with Crippen molar-refractivity contribution in [2.75, 3.05) is 6.79 Å². The highest BCUT2D eigenvalue weighted by Gasteiger charge is 2.20. The number of carbonyl (C=O) groups excluding carboxylic acids is 1. The van der Waals surface area contributed by atoms with Gasteiger partial charge in [-0.05, 0) is 23.3 Å². The van der Waals surface area contributed by atoms with E-state index < -0.39 is 0 Å². The number of benzene rings is 2. The Labute approximate surface area is 154 Å². The molecule has 0 saturated heterocycles. The van der Waals surface area contributed by atoms with Crippen LogP contribution in [0.2, 0.25) is 5.02 Å². The summed E-state index contributed by atoms with van der Waals surface area (Å²) in [7, 11) is 0. The molecule has 1 aliphatic rings. The first-order valence-corrected chi connectivity index (χ1v) is 8.35. The molecule has 0 radical (unpaired) electrons. The van der Waals surface area contributed by atoms with E-state index in [1.165, 1.54) is 6.33 Å². The van der Waals surface area contributed by atoms with Crippen LogP contribution in [0, 0.1) is 0 Å². The third kappa shape index (κ3) is 3.34. The molecule has 1 aliphatic heterocycles. The highest BCUT2D eigenvalue weighted by atomic mass is 35.5. The Balaban J connectivity index is 1.48. The molecule has 4 rings (SSSR count). The topological polar surface area (TPSA) is 78.3 Å². The SMILES string of the molecule is O=C(NCc1ccccc1Cn1cncn1)c1cc(Cl)c2c(c1)OCO2.